The minimum atomic E-state index is -1.23. The number of hydrogen-bond donors (Lipinski definition) is 14. The Labute approximate surface area is 758 Å². The normalized spacial score (nSPS) is 11.5. The van der Waals surface area contributed by atoms with E-state index in [1.807, 2.05) is 104 Å². The first-order chi connectivity index (χ1) is 61.2. The molecule has 14 N–H and O–H groups in total. The van der Waals surface area contributed by atoms with Crippen LogP contribution in [-0.2, 0) is 42.1 Å². The molecule has 12 aromatic rings. The summed E-state index contributed by atoms with van der Waals surface area (Å²) >= 11 is 0. The zero-order chi connectivity index (χ0) is 93.5. The van der Waals surface area contributed by atoms with Crippen molar-refractivity contribution in [2.75, 3.05) is 0 Å². The van der Waals surface area contributed by atoms with Crippen LogP contribution >= 0.6 is 0 Å². The van der Waals surface area contributed by atoms with Gasteiger partial charge in [-0.2, -0.15) is 0 Å². The number of hydrogen-bond acceptors (Lipinski definition) is 14. The van der Waals surface area contributed by atoms with Crippen molar-refractivity contribution in [1.82, 2.24) is 0 Å². The highest BCUT2D eigenvalue weighted by molar-refractivity contribution is 5.85. The van der Waals surface area contributed by atoms with E-state index >= 15 is 0 Å². The first-order valence-electron chi connectivity index (χ1n) is 45.2. The van der Waals surface area contributed by atoms with Crippen LogP contribution in [0.15, 0.2) is 291 Å². The van der Waals surface area contributed by atoms with Crippen molar-refractivity contribution in [2.24, 2.45) is 0 Å². The average molecular weight is 1740 g/mol. The maximum atomic E-state index is 11.7. The van der Waals surface area contributed by atoms with E-state index in [2.05, 4.69) is 55.4 Å². The second kappa shape index (κ2) is 49.9. The largest absolute Gasteiger partial charge is 0.508 e. The molecule has 0 fully saturated rings. The summed E-state index contributed by atoms with van der Waals surface area (Å²) in [6.45, 7) is 21.4. The number of carboxylic acids is 2. The molecule has 0 bridgehead atoms. The van der Waals surface area contributed by atoms with Gasteiger partial charge in [-0.05, 0) is 258 Å². The molecule has 0 unspecified atom stereocenters. The highest BCUT2D eigenvalue weighted by atomic mass is 16.4. The number of carbonyl (C=O) groups is 2. The van der Waals surface area contributed by atoms with E-state index < -0.39 is 22.8 Å². The molecule has 16 nitrogen and oxygen atoms in total. The van der Waals surface area contributed by atoms with E-state index in [0.717, 1.165) is 43.2 Å². The van der Waals surface area contributed by atoms with Crippen molar-refractivity contribution in [3.8, 4) is 69.0 Å². The molecule has 0 spiro atoms. The molecule has 128 heavy (non-hydrogen) atoms. The van der Waals surface area contributed by atoms with Gasteiger partial charge in [0.05, 0.1) is 0 Å². The van der Waals surface area contributed by atoms with Crippen molar-refractivity contribution in [3.05, 3.63) is 358 Å². The van der Waals surface area contributed by atoms with Crippen molar-refractivity contribution in [1.29, 1.82) is 0 Å². The monoisotopic (exact) mass is 1740 g/mol. The Morgan fingerprint density at radius 1 is 0.203 bits per heavy atom. The van der Waals surface area contributed by atoms with Crippen molar-refractivity contribution in [2.45, 2.75) is 243 Å². The van der Waals surface area contributed by atoms with Gasteiger partial charge in [0, 0.05) is 33.5 Å². The Hall–Kier alpha value is -12.8. The van der Waals surface area contributed by atoms with E-state index in [0.29, 0.717) is 52.0 Å². The highest BCUT2D eigenvalue weighted by Crippen LogP contribution is 2.45. The summed E-state index contributed by atoms with van der Waals surface area (Å²) in [7, 11) is 0. The topological polar surface area (TPSA) is 317 Å². The van der Waals surface area contributed by atoms with Crippen LogP contribution in [0.25, 0.3) is 0 Å². The second-order valence-electron chi connectivity index (χ2n) is 34.5. The summed E-state index contributed by atoms with van der Waals surface area (Å²) in [6.07, 6.45) is 24.4. The zero-order valence-electron chi connectivity index (χ0n) is 76.3. The molecule has 12 rings (SSSR count). The lowest BCUT2D eigenvalue weighted by Gasteiger charge is -2.33. The van der Waals surface area contributed by atoms with Crippen molar-refractivity contribution >= 4 is 11.9 Å². The predicted molar refractivity (Wildman–Crippen MR) is 516 cm³/mol. The molecule has 680 valence electrons. The molecule has 16 heteroatoms. The molecule has 0 amide bonds. The molecule has 0 aliphatic carbocycles. The third-order valence-corrected chi connectivity index (χ3v) is 25.6. The number of unbranched alkanes of at least 4 members (excludes halogenated alkanes) is 12. The maximum Gasteiger partial charge on any atom is 0.318 e. The Balaban J connectivity index is 0.000000211. The fourth-order valence-electron chi connectivity index (χ4n) is 16.9. The number of benzene rings is 12. The van der Waals surface area contributed by atoms with E-state index in [1.165, 1.54) is 165 Å². The second-order valence-corrected chi connectivity index (χ2v) is 34.5. The molecule has 12 aromatic carbocycles. The molecule has 0 aliphatic heterocycles. The van der Waals surface area contributed by atoms with Gasteiger partial charge < -0.3 is 71.5 Å². The predicted octanol–water partition coefficient (Wildman–Crippen LogP) is 27.3. The lowest BCUT2D eigenvalue weighted by molar-refractivity contribution is -0.141. The Morgan fingerprint density at radius 3 is 0.516 bits per heavy atom. The van der Waals surface area contributed by atoms with Crippen LogP contribution in [0.5, 0.6) is 69.0 Å². The zero-order valence-corrected chi connectivity index (χ0v) is 76.3. The number of rotatable bonds is 36. The lowest BCUT2D eigenvalue weighted by Crippen LogP contribution is -2.33. The minimum absolute atomic E-state index is 0.0399. The number of aromatic hydroxyl groups is 12. The Morgan fingerprint density at radius 2 is 0.352 bits per heavy atom. The average Bonchev–Trinajstić information content (AvgIpc) is 0.805. The molecular formula is C112H136O16. The van der Waals surface area contributed by atoms with Crippen LogP contribution in [0.3, 0.4) is 0 Å². The summed E-state index contributed by atoms with van der Waals surface area (Å²) in [5.41, 5.74) is 10.5. The van der Waals surface area contributed by atoms with Gasteiger partial charge in [-0.1, -0.05) is 304 Å². The summed E-state index contributed by atoms with van der Waals surface area (Å²) in [6, 6.07) is 85.7. The van der Waals surface area contributed by atoms with E-state index in [4.69, 9.17) is 5.11 Å². The third-order valence-electron chi connectivity index (χ3n) is 25.6. The third kappa shape index (κ3) is 29.1. The summed E-state index contributed by atoms with van der Waals surface area (Å²) < 4.78 is 0. The van der Waals surface area contributed by atoms with Gasteiger partial charge in [0.1, 0.15) is 74.4 Å². The van der Waals surface area contributed by atoms with E-state index in [-0.39, 0.29) is 62.6 Å². The standard InChI is InChI=1S/C22H30O2.C21H28O2.C20H26O2.C17H18O4.C17H20O2.C15H14O4/c1-3-4-5-6-7-8-17-22(2,18-9-13-20(23)14-10-18)19-11-15-21(24)16-12-19;1-3-4-5-6-7-16-21(2,17-8-12-19(22)13-9-17)18-10-14-20(23)15-11-18;1-3-4-5-6-15-20(2,16-7-11-18(21)12-8-16)17-9-13-19(22)14-10-17;1-17(11-10-16(20)21,12-2-6-14(18)7-3-12)13-4-8-15(19)9-5-13;1-3-17(4-2,13-5-9-15(18)10-6-13)14-7-11-16(19)12-8-14;1-15(14(18)19,10-2-6-12(16)7-3-10)11-4-8-13(17)9-5-11/h9-16,23-24H,3-8,17H2,1-2H3;8-15,22-23H,3-7,16H2,1-2H3;7-14,21-22H,3-6,15H2,1-2H3;2-9,18-19H,10-11H2,1H3,(H,20,21);5-12,18-19H,3-4H2,1-2H3;2-9,16-17H,1H3,(H,18,19). The SMILES string of the molecule is CC(C(=O)O)(c1ccc(O)cc1)c1ccc(O)cc1.CC(CCC(=O)O)(c1ccc(O)cc1)c1ccc(O)cc1.CCC(CC)(c1ccc(O)cc1)c1ccc(O)cc1.CCCCCCC(C)(c1ccc(O)cc1)c1ccc(O)cc1.CCCCCCCC(C)(c1ccc(O)cc1)c1ccc(O)cc1.CCCCCCCCC(C)(c1ccc(O)cc1)c1ccc(O)cc1. The molecule has 0 aliphatic rings. The Kier molecular flexibility index (Phi) is 39.9. The molecule has 0 saturated heterocycles. The summed E-state index contributed by atoms with van der Waals surface area (Å²) in [4.78, 5) is 22.6. The van der Waals surface area contributed by atoms with Crippen molar-refractivity contribution < 1.29 is 81.1 Å². The molecule has 0 saturated carbocycles. The fraction of sp³-hybridized carbons (Fsp3) is 0.339. The van der Waals surface area contributed by atoms with E-state index in [9.17, 15) is 76.0 Å². The quantitative estimate of drug-likeness (QED) is 0.0162. The lowest BCUT2D eigenvalue weighted by atomic mass is 9.70. The minimum Gasteiger partial charge on any atom is -0.508 e. The number of carboxylic acid groups (broad SMARTS) is 2. The van der Waals surface area contributed by atoms with Gasteiger partial charge in [0.2, 0.25) is 0 Å². The molecular weight excluding hydrogens is 1600 g/mol. The van der Waals surface area contributed by atoms with Gasteiger partial charge in [0.25, 0.3) is 0 Å². The first-order valence-corrected chi connectivity index (χ1v) is 45.2. The van der Waals surface area contributed by atoms with Crippen LogP contribution < -0.4 is 0 Å². The van der Waals surface area contributed by atoms with Crippen LogP contribution in [0.1, 0.15) is 277 Å². The van der Waals surface area contributed by atoms with Gasteiger partial charge >= 0.3 is 11.9 Å². The van der Waals surface area contributed by atoms with E-state index in [1.54, 1.807) is 177 Å². The summed E-state index contributed by atoms with van der Waals surface area (Å²) in [5.74, 6) is 1.02. The number of phenols is 12. The van der Waals surface area contributed by atoms with Gasteiger partial charge in [-0.15, -0.1) is 0 Å². The highest BCUT2D eigenvalue weighted by Gasteiger charge is 2.38. The van der Waals surface area contributed by atoms with Crippen LogP contribution in [0.2, 0.25) is 0 Å². The number of phenolic OH excluding ortho intramolecular Hbond substituents is 12. The fourth-order valence-corrected chi connectivity index (χ4v) is 16.9. The molecule has 0 atom stereocenters. The maximum absolute atomic E-state index is 11.7. The van der Waals surface area contributed by atoms with Crippen LogP contribution in [0.4, 0.5) is 0 Å². The Bertz CT molecular complexity index is 4910. The molecule has 0 radical (unpaired) electrons. The molecule has 0 aromatic heterocycles. The first kappa shape index (κ1) is 102. The van der Waals surface area contributed by atoms with Crippen LogP contribution in [-0.4, -0.2) is 83.4 Å². The van der Waals surface area contributed by atoms with Gasteiger partial charge in [-0.3, -0.25) is 9.59 Å². The number of aliphatic carboxylic acids is 2. The van der Waals surface area contributed by atoms with Crippen molar-refractivity contribution in [3.63, 3.8) is 0 Å². The van der Waals surface area contributed by atoms with Gasteiger partial charge in [0.15, 0.2) is 0 Å². The van der Waals surface area contributed by atoms with Crippen LogP contribution in [0, 0.1) is 0 Å². The summed E-state index contributed by atoms with van der Waals surface area (Å²) in [5, 5.41) is 132. The smallest absolute Gasteiger partial charge is 0.318 e. The van der Waals surface area contributed by atoms with Gasteiger partial charge in [-0.25, -0.2) is 0 Å². The molecule has 0 heterocycles.